The number of hydrogen-bond donors (Lipinski definition) is 1. The lowest BCUT2D eigenvalue weighted by Crippen LogP contribution is -2.16. The van der Waals surface area contributed by atoms with E-state index in [-0.39, 0.29) is 22.1 Å². The minimum Gasteiger partial charge on any atom is -0.495 e. The second-order valence-electron chi connectivity index (χ2n) is 4.11. The first-order valence-electron chi connectivity index (χ1n) is 6.02. The van der Waals surface area contributed by atoms with Crippen LogP contribution in [-0.4, -0.2) is 38.5 Å². The molecule has 0 fully saturated rings. The summed E-state index contributed by atoms with van der Waals surface area (Å²) in [6, 6.07) is 1.54. The standard InChI is InChI=1S/C13H15ClO6/c1-17-11-7(14)6-8-12(20-5-3-4-19-8)9(11)10(15)13(16)18-2/h6,10,15H,3-5H2,1-2H3. The number of methoxy groups -OCH3 is 2. The molecule has 6 nitrogen and oxygen atoms in total. The Morgan fingerprint density at radius 3 is 2.75 bits per heavy atom. The van der Waals surface area contributed by atoms with Gasteiger partial charge in [-0.3, -0.25) is 0 Å². The van der Waals surface area contributed by atoms with Crippen LogP contribution in [0.25, 0.3) is 0 Å². The average Bonchev–Trinajstić information content (AvgIpc) is 2.69. The molecule has 1 aromatic rings. The topological polar surface area (TPSA) is 74.2 Å². The van der Waals surface area contributed by atoms with Crippen LogP contribution in [0.4, 0.5) is 0 Å². The quantitative estimate of drug-likeness (QED) is 0.857. The van der Waals surface area contributed by atoms with E-state index < -0.39 is 12.1 Å². The van der Waals surface area contributed by atoms with E-state index in [0.29, 0.717) is 25.4 Å². The van der Waals surface area contributed by atoms with Crippen molar-refractivity contribution in [3.05, 3.63) is 16.7 Å². The first kappa shape index (κ1) is 14.7. The van der Waals surface area contributed by atoms with Crippen molar-refractivity contribution in [1.82, 2.24) is 0 Å². The highest BCUT2D eigenvalue weighted by molar-refractivity contribution is 6.32. The third kappa shape index (κ3) is 2.62. The zero-order chi connectivity index (χ0) is 14.7. The normalized spacial score (nSPS) is 15.2. The van der Waals surface area contributed by atoms with Crippen LogP contribution < -0.4 is 14.2 Å². The highest BCUT2D eigenvalue weighted by Gasteiger charge is 2.31. The predicted molar refractivity (Wildman–Crippen MR) is 70.6 cm³/mol. The highest BCUT2D eigenvalue weighted by atomic mass is 35.5. The van der Waals surface area contributed by atoms with Gasteiger partial charge in [-0.2, -0.15) is 0 Å². The molecule has 7 heteroatoms. The van der Waals surface area contributed by atoms with Crippen LogP contribution in [0.15, 0.2) is 6.07 Å². The lowest BCUT2D eigenvalue weighted by molar-refractivity contribution is -0.150. The van der Waals surface area contributed by atoms with Gasteiger partial charge in [0.2, 0.25) is 0 Å². The Hall–Kier alpha value is -1.66. The molecule has 0 saturated heterocycles. The largest absolute Gasteiger partial charge is 0.495 e. The molecular weight excluding hydrogens is 288 g/mol. The van der Waals surface area contributed by atoms with Gasteiger partial charge < -0.3 is 24.1 Å². The maximum atomic E-state index is 11.6. The lowest BCUT2D eigenvalue weighted by atomic mass is 10.1. The van der Waals surface area contributed by atoms with Gasteiger partial charge in [0.15, 0.2) is 17.6 Å². The average molecular weight is 303 g/mol. The Kier molecular flexibility index (Phi) is 4.57. The van der Waals surface area contributed by atoms with Crippen molar-refractivity contribution < 1.29 is 28.8 Å². The number of carbonyl (C=O) groups excluding carboxylic acids is 1. The van der Waals surface area contributed by atoms with Crippen LogP contribution in [0.2, 0.25) is 5.02 Å². The molecule has 110 valence electrons. The number of fused-ring (bicyclic) bond motifs is 1. The summed E-state index contributed by atoms with van der Waals surface area (Å²) in [4.78, 5) is 11.6. The molecule has 0 saturated carbocycles. The Balaban J connectivity index is 2.61. The summed E-state index contributed by atoms with van der Waals surface area (Å²) in [7, 11) is 2.57. The Labute approximate surface area is 121 Å². The van der Waals surface area contributed by atoms with Gasteiger partial charge in [-0.05, 0) is 0 Å². The van der Waals surface area contributed by atoms with Crippen molar-refractivity contribution >= 4 is 17.6 Å². The third-order valence-corrected chi connectivity index (χ3v) is 3.16. The van der Waals surface area contributed by atoms with Crippen molar-refractivity contribution in [2.45, 2.75) is 12.5 Å². The van der Waals surface area contributed by atoms with Gasteiger partial charge in [0.25, 0.3) is 0 Å². The van der Waals surface area contributed by atoms with Gasteiger partial charge in [0, 0.05) is 12.5 Å². The van der Waals surface area contributed by atoms with Crippen LogP contribution in [0, 0.1) is 0 Å². The molecule has 1 unspecified atom stereocenters. The van der Waals surface area contributed by atoms with Crippen LogP contribution >= 0.6 is 11.6 Å². The molecule has 2 rings (SSSR count). The van der Waals surface area contributed by atoms with Crippen molar-refractivity contribution in [3.63, 3.8) is 0 Å². The summed E-state index contributed by atoms with van der Waals surface area (Å²) in [6.45, 7) is 0.863. The maximum absolute atomic E-state index is 11.6. The zero-order valence-corrected chi connectivity index (χ0v) is 11.9. The molecule has 0 radical (unpaired) electrons. The zero-order valence-electron chi connectivity index (χ0n) is 11.1. The molecule has 0 bridgehead atoms. The van der Waals surface area contributed by atoms with Crippen molar-refractivity contribution in [3.8, 4) is 17.2 Å². The number of ether oxygens (including phenoxy) is 4. The number of halogens is 1. The molecule has 1 aromatic carbocycles. The summed E-state index contributed by atoms with van der Waals surface area (Å²) in [5.41, 5.74) is 0.115. The fourth-order valence-electron chi connectivity index (χ4n) is 1.97. The molecule has 0 aliphatic carbocycles. The predicted octanol–water partition coefficient (Wildman–Crippen LogP) is 1.72. The Morgan fingerprint density at radius 2 is 2.10 bits per heavy atom. The van der Waals surface area contributed by atoms with Crippen LogP contribution in [0.1, 0.15) is 18.1 Å². The summed E-state index contributed by atoms with van der Waals surface area (Å²) in [6.07, 6.45) is -0.883. The number of carbonyl (C=O) groups is 1. The van der Waals surface area contributed by atoms with Crippen molar-refractivity contribution in [2.24, 2.45) is 0 Å². The lowest BCUT2D eigenvalue weighted by Gasteiger charge is -2.19. The molecule has 1 N–H and O–H groups in total. The first-order chi connectivity index (χ1) is 9.60. The fraction of sp³-hybridized carbons (Fsp3) is 0.462. The third-order valence-electron chi connectivity index (χ3n) is 2.88. The van der Waals surface area contributed by atoms with E-state index >= 15 is 0 Å². The number of benzene rings is 1. The van der Waals surface area contributed by atoms with Crippen LogP contribution in [0.5, 0.6) is 17.2 Å². The number of rotatable bonds is 3. The molecule has 1 aliphatic rings. The molecule has 0 amide bonds. The van der Waals surface area contributed by atoms with E-state index in [1.807, 2.05) is 0 Å². The molecule has 1 aliphatic heterocycles. The Bertz CT molecular complexity index is 516. The highest BCUT2D eigenvalue weighted by Crippen LogP contribution is 2.46. The van der Waals surface area contributed by atoms with E-state index in [1.54, 1.807) is 0 Å². The summed E-state index contributed by atoms with van der Waals surface area (Å²) < 4.78 is 20.8. The minimum atomic E-state index is -1.57. The first-order valence-corrected chi connectivity index (χ1v) is 6.39. The van der Waals surface area contributed by atoms with Crippen LogP contribution in [-0.2, 0) is 9.53 Å². The van der Waals surface area contributed by atoms with Gasteiger partial charge in [-0.1, -0.05) is 11.6 Å². The monoisotopic (exact) mass is 302 g/mol. The summed E-state index contributed by atoms with van der Waals surface area (Å²) in [5, 5.41) is 10.3. The second kappa shape index (κ2) is 6.19. The number of hydrogen-bond acceptors (Lipinski definition) is 6. The molecule has 0 aromatic heterocycles. The Morgan fingerprint density at radius 1 is 1.40 bits per heavy atom. The van der Waals surface area contributed by atoms with E-state index in [0.717, 1.165) is 0 Å². The van der Waals surface area contributed by atoms with E-state index in [4.69, 9.17) is 25.8 Å². The SMILES string of the molecule is COC(=O)C(O)c1c(OC)c(Cl)cc2c1OCCCO2. The van der Waals surface area contributed by atoms with Gasteiger partial charge in [-0.15, -0.1) is 0 Å². The van der Waals surface area contributed by atoms with E-state index in [9.17, 15) is 9.90 Å². The molecule has 1 heterocycles. The number of esters is 1. The van der Waals surface area contributed by atoms with Crippen LogP contribution in [0.3, 0.4) is 0 Å². The minimum absolute atomic E-state index is 0.115. The molecule has 20 heavy (non-hydrogen) atoms. The maximum Gasteiger partial charge on any atom is 0.339 e. The smallest absolute Gasteiger partial charge is 0.339 e. The van der Waals surface area contributed by atoms with Gasteiger partial charge >= 0.3 is 5.97 Å². The fourth-order valence-corrected chi connectivity index (χ4v) is 2.25. The van der Waals surface area contributed by atoms with E-state index in [2.05, 4.69) is 4.74 Å². The van der Waals surface area contributed by atoms with Gasteiger partial charge in [0.05, 0.1) is 38.0 Å². The summed E-state index contributed by atoms with van der Waals surface area (Å²) >= 11 is 6.09. The number of aliphatic hydroxyl groups is 1. The second-order valence-corrected chi connectivity index (χ2v) is 4.52. The van der Waals surface area contributed by atoms with Crippen molar-refractivity contribution in [1.29, 1.82) is 0 Å². The molecule has 0 spiro atoms. The molecule has 1 atom stereocenters. The van der Waals surface area contributed by atoms with Gasteiger partial charge in [0.1, 0.15) is 5.75 Å². The summed E-state index contributed by atoms with van der Waals surface area (Å²) in [5.74, 6) is -0.0534. The van der Waals surface area contributed by atoms with Crippen molar-refractivity contribution in [2.75, 3.05) is 27.4 Å². The number of aliphatic hydroxyl groups excluding tert-OH is 1. The molecular formula is C13H15ClO6. The van der Waals surface area contributed by atoms with Gasteiger partial charge in [-0.25, -0.2) is 4.79 Å². The van der Waals surface area contributed by atoms with E-state index in [1.165, 1.54) is 20.3 Å².